The first-order valence-corrected chi connectivity index (χ1v) is 10.7. The lowest BCUT2D eigenvalue weighted by Crippen LogP contribution is -2.29. The molecule has 0 aliphatic heterocycles. The van der Waals surface area contributed by atoms with Gasteiger partial charge in [-0.05, 0) is 55.5 Å². The summed E-state index contributed by atoms with van der Waals surface area (Å²) >= 11 is 0. The van der Waals surface area contributed by atoms with Crippen LogP contribution in [-0.4, -0.2) is 27.7 Å². The maximum absolute atomic E-state index is 13.0. The van der Waals surface area contributed by atoms with Crippen LogP contribution in [0, 0.1) is 6.92 Å². The van der Waals surface area contributed by atoms with Crippen LogP contribution in [0.2, 0.25) is 0 Å². The van der Waals surface area contributed by atoms with Gasteiger partial charge in [-0.1, -0.05) is 29.8 Å². The number of rotatable bonds is 6. The highest BCUT2D eigenvalue weighted by Gasteiger charge is 2.31. The Morgan fingerprint density at radius 1 is 0.938 bits per heavy atom. The molecule has 3 aromatic carbocycles. The highest BCUT2D eigenvalue weighted by atomic mass is 32.2. The van der Waals surface area contributed by atoms with Gasteiger partial charge in [0.1, 0.15) is 5.75 Å². The Hall–Kier alpha value is -3.53. The van der Waals surface area contributed by atoms with Gasteiger partial charge >= 0.3 is 6.36 Å². The van der Waals surface area contributed by atoms with Gasteiger partial charge in [-0.3, -0.25) is 9.10 Å². The summed E-state index contributed by atoms with van der Waals surface area (Å²) in [5.41, 5.74) is 1.32. The van der Waals surface area contributed by atoms with Crippen molar-refractivity contribution in [3.63, 3.8) is 0 Å². The first-order chi connectivity index (χ1) is 15.0. The smallest absolute Gasteiger partial charge is 0.406 e. The molecule has 0 spiro atoms. The molecule has 0 atom stereocenters. The van der Waals surface area contributed by atoms with Crippen molar-refractivity contribution in [2.75, 3.05) is 16.7 Å². The van der Waals surface area contributed by atoms with E-state index in [0.29, 0.717) is 0 Å². The Morgan fingerprint density at radius 3 is 2.12 bits per heavy atom. The molecule has 0 saturated heterocycles. The van der Waals surface area contributed by atoms with Crippen molar-refractivity contribution in [1.29, 1.82) is 0 Å². The molecule has 0 aromatic heterocycles. The molecule has 168 valence electrons. The average Bonchev–Trinajstić information content (AvgIpc) is 2.74. The van der Waals surface area contributed by atoms with Crippen molar-refractivity contribution in [2.45, 2.75) is 18.2 Å². The number of para-hydroxylation sites is 1. The second-order valence-electron chi connectivity index (χ2n) is 6.83. The fraction of sp³-hybridized carbons (Fsp3) is 0.136. The summed E-state index contributed by atoms with van der Waals surface area (Å²) in [4.78, 5) is 12.9. The highest BCUT2D eigenvalue weighted by Crippen LogP contribution is 2.28. The molecule has 1 amide bonds. The number of halogens is 3. The number of carbonyl (C=O) groups excluding carboxylic acids is 1. The number of benzene rings is 3. The molecule has 0 bridgehead atoms. The van der Waals surface area contributed by atoms with Crippen molar-refractivity contribution >= 4 is 27.3 Å². The zero-order valence-electron chi connectivity index (χ0n) is 17.1. The lowest BCUT2D eigenvalue weighted by Gasteiger charge is -2.22. The number of anilines is 2. The molecular weight excluding hydrogens is 445 g/mol. The van der Waals surface area contributed by atoms with Gasteiger partial charge in [-0.15, -0.1) is 13.2 Å². The Labute approximate surface area is 183 Å². The number of amides is 1. The molecule has 6 nitrogen and oxygen atoms in total. The van der Waals surface area contributed by atoms with Gasteiger partial charge in [-0.25, -0.2) is 8.42 Å². The second kappa shape index (κ2) is 8.91. The van der Waals surface area contributed by atoms with Crippen LogP contribution in [0.4, 0.5) is 24.5 Å². The number of ether oxygens (including phenoxy) is 1. The van der Waals surface area contributed by atoms with Crippen LogP contribution in [0.15, 0.2) is 77.7 Å². The lowest BCUT2D eigenvalue weighted by molar-refractivity contribution is -0.274. The molecule has 0 aliphatic rings. The summed E-state index contributed by atoms with van der Waals surface area (Å²) in [5.74, 6) is -1.06. The molecule has 3 aromatic rings. The van der Waals surface area contributed by atoms with Gasteiger partial charge in [0.25, 0.3) is 15.9 Å². The van der Waals surface area contributed by atoms with Crippen LogP contribution in [0.25, 0.3) is 0 Å². The average molecular weight is 464 g/mol. The van der Waals surface area contributed by atoms with Crippen LogP contribution in [0.1, 0.15) is 15.9 Å². The van der Waals surface area contributed by atoms with Gasteiger partial charge < -0.3 is 10.1 Å². The lowest BCUT2D eigenvalue weighted by atomic mass is 10.1. The van der Waals surface area contributed by atoms with Crippen LogP contribution in [0.3, 0.4) is 0 Å². The third-order valence-corrected chi connectivity index (χ3v) is 6.30. The van der Waals surface area contributed by atoms with Gasteiger partial charge in [0.15, 0.2) is 0 Å². The normalized spacial score (nSPS) is 11.7. The third kappa shape index (κ3) is 5.38. The zero-order chi connectivity index (χ0) is 23.5. The standard InChI is InChI=1S/C22H19F3N2O4S/c1-15-7-13-18(14-8-15)32(29,30)27(2)20-6-4-3-5-19(20)21(28)26-16-9-11-17(12-10-16)31-22(23,24)25/h3-14H,1-2H3,(H,26,28). The summed E-state index contributed by atoms with van der Waals surface area (Å²) in [7, 11) is -2.59. The summed E-state index contributed by atoms with van der Waals surface area (Å²) in [6.07, 6.45) is -4.82. The minimum Gasteiger partial charge on any atom is -0.406 e. The summed E-state index contributed by atoms with van der Waals surface area (Å²) in [6.45, 7) is 1.83. The van der Waals surface area contributed by atoms with E-state index in [1.807, 2.05) is 6.92 Å². The zero-order valence-corrected chi connectivity index (χ0v) is 17.9. The van der Waals surface area contributed by atoms with E-state index in [9.17, 15) is 26.4 Å². The first-order valence-electron chi connectivity index (χ1n) is 9.29. The van der Waals surface area contributed by atoms with E-state index in [2.05, 4.69) is 10.1 Å². The summed E-state index contributed by atoms with van der Waals surface area (Å²) in [6, 6.07) is 17.0. The highest BCUT2D eigenvalue weighted by molar-refractivity contribution is 7.92. The van der Waals surface area contributed by atoms with Crippen molar-refractivity contribution in [3.8, 4) is 5.75 Å². The Morgan fingerprint density at radius 2 is 1.53 bits per heavy atom. The van der Waals surface area contributed by atoms with Crippen LogP contribution >= 0.6 is 0 Å². The predicted octanol–water partition coefficient (Wildman–Crippen LogP) is 4.97. The molecule has 0 saturated carbocycles. The van der Waals surface area contributed by atoms with Crippen molar-refractivity contribution in [3.05, 3.63) is 83.9 Å². The second-order valence-corrected chi connectivity index (χ2v) is 8.80. The first kappa shape index (κ1) is 23.1. The quantitative estimate of drug-likeness (QED) is 0.559. The summed E-state index contributed by atoms with van der Waals surface area (Å²) in [5, 5.41) is 2.54. The molecule has 0 radical (unpaired) electrons. The van der Waals surface area contributed by atoms with E-state index in [0.717, 1.165) is 22.0 Å². The number of nitrogens with one attached hydrogen (secondary N) is 1. The van der Waals surface area contributed by atoms with Gasteiger partial charge in [0.2, 0.25) is 0 Å². The van der Waals surface area contributed by atoms with E-state index >= 15 is 0 Å². The largest absolute Gasteiger partial charge is 0.573 e. The van der Waals surface area contributed by atoms with E-state index in [-0.39, 0.29) is 21.8 Å². The Kier molecular flexibility index (Phi) is 6.45. The number of nitrogens with zero attached hydrogens (tertiary/aromatic N) is 1. The minimum absolute atomic E-state index is 0.0704. The fourth-order valence-corrected chi connectivity index (χ4v) is 4.09. The van der Waals surface area contributed by atoms with Crippen molar-refractivity contribution in [1.82, 2.24) is 0 Å². The maximum Gasteiger partial charge on any atom is 0.573 e. The monoisotopic (exact) mass is 464 g/mol. The molecule has 0 fully saturated rings. The molecular formula is C22H19F3N2O4S. The van der Waals surface area contributed by atoms with Crippen LogP contribution in [-0.2, 0) is 10.0 Å². The van der Waals surface area contributed by atoms with Gasteiger partial charge in [0, 0.05) is 12.7 Å². The van der Waals surface area contributed by atoms with Gasteiger partial charge in [-0.2, -0.15) is 0 Å². The fourth-order valence-electron chi connectivity index (χ4n) is 2.88. The number of aryl methyl sites for hydroxylation is 1. The van der Waals surface area contributed by atoms with Crippen LogP contribution < -0.4 is 14.4 Å². The summed E-state index contributed by atoms with van der Waals surface area (Å²) < 4.78 is 67.7. The van der Waals surface area contributed by atoms with E-state index in [1.54, 1.807) is 24.3 Å². The van der Waals surface area contributed by atoms with Gasteiger partial charge in [0.05, 0.1) is 16.1 Å². The maximum atomic E-state index is 13.0. The number of hydrogen-bond acceptors (Lipinski definition) is 4. The van der Waals surface area contributed by atoms with E-state index in [4.69, 9.17) is 0 Å². The topological polar surface area (TPSA) is 75.7 Å². The Bertz CT molecular complexity index is 1210. The Balaban J connectivity index is 1.84. The third-order valence-electron chi connectivity index (χ3n) is 4.51. The number of hydrogen-bond donors (Lipinski definition) is 1. The molecule has 0 unspecified atom stereocenters. The predicted molar refractivity (Wildman–Crippen MR) is 114 cm³/mol. The van der Waals surface area contributed by atoms with E-state index in [1.165, 1.54) is 43.4 Å². The number of sulfonamides is 1. The molecule has 32 heavy (non-hydrogen) atoms. The minimum atomic E-state index is -4.82. The molecule has 3 rings (SSSR count). The molecule has 10 heteroatoms. The SMILES string of the molecule is Cc1ccc(S(=O)(=O)N(C)c2ccccc2C(=O)Nc2ccc(OC(F)(F)F)cc2)cc1. The molecule has 0 aliphatic carbocycles. The molecule has 0 heterocycles. The molecule has 1 N–H and O–H groups in total. The van der Waals surface area contributed by atoms with Crippen LogP contribution in [0.5, 0.6) is 5.75 Å². The number of carbonyl (C=O) groups is 1. The van der Waals surface area contributed by atoms with Crippen molar-refractivity contribution < 1.29 is 31.1 Å². The van der Waals surface area contributed by atoms with Crippen molar-refractivity contribution in [2.24, 2.45) is 0 Å². The van der Waals surface area contributed by atoms with E-state index < -0.39 is 28.0 Å². The number of alkyl halides is 3.